The molecule has 1 saturated carbocycles. The molecule has 0 bridgehead atoms. The van der Waals surface area contributed by atoms with E-state index in [-0.39, 0.29) is 0 Å². The first-order valence-electron chi connectivity index (χ1n) is 7.72. The molecule has 1 aliphatic carbocycles. The van der Waals surface area contributed by atoms with E-state index in [2.05, 4.69) is 20.8 Å². The normalized spacial score (nSPS) is 28.2. The molecule has 0 saturated heterocycles. The fourth-order valence-corrected chi connectivity index (χ4v) is 3.23. The van der Waals surface area contributed by atoms with Crippen LogP contribution in [0.4, 0.5) is 0 Å². The van der Waals surface area contributed by atoms with Crippen molar-refractivity contribution in [1.82, 2.24) is 0 Å². The van der Waals surface area contributed by atoms with Crippen molar-refractivity contribution < 1.29 is 4.79 Å². The third-order valence-corrected chi connectivity index (χ3v) is 4.43. The van der Waals surface area contributed by atoms with E-state index in [1.165, 1.54) is 25.7 Å². The van der Waals surface area contributed by atoms with Crippen LogP contribution in [0.3, 0.4) is 0 Å². The summed E-state index contributed by atoms with van der Waals surface area (Å²) in [6, 6.07) is 0. The van der Waals surface area contributed by atoms with Crippen LogP contribution in [-0.4, -0.2) is 5.78 Å². The van der Waals surface area contributed by atoms with Crippen LogP contribution in [0.2, 0.25) is 0 Å². The summed E-state index contributed by atoms with van der Waals surface area (Å²) < 4.78 is 0. The number of rotatable bonds is 5. The predicted molar refractivity (Wildman–Crippen MR) is 74.1 cm³/mol. The number of ketones is 1. The average Bonchev–Trinajstić information content (AvgIpc) is 2.29. The molecule has 0 amide bonds. The van der Waals surface area contributed by atoms with Gasteiger partial charge in [-0.1, -0.05) is 52.9 Å². The van der Waals surface area contributed by atoms with Gasteiger partial charge in [0.2, 0.25) is 0 Å². The van der Waals surface area contributed by atoms with E-state index >= 15 is 0 Å². The zero-order chi connectivity index (χ0) is 12.7. The monoisotopic (exact) mass is 238 g/mol. The maximum atomic E-state index is 12.5. The van der Waals surface area contributed by atoms with Crippen molar-refractivity contribution in [2.75, 3.05) is 0 Å². The molecule has 0 heterocycles. The van der Waals surface area contributed by atoms with Gasteiger partial charge in [-0.3, -0.25) is 4.79 Å². The molecule has 1 unspecified atom stereocenters. The van der Waals surface area contributed by atoms with Gasteiger partial charge in [-0.2, -0.15) is 0 Å². The summed E-state index contributed by atoms with van der Waals surface area (Å²) in [7, 11) is 0. The van der Waals surface area contributed by atoms with Crippen molar-refractivity contribution in [3.05, 3.63) is 0 Å². The Morgan fingerprint density at radius 3 is 2.18 bits per heavy atom. The van der Waals surface area contributed by atoms with Crippen molar-refractivity contribution in [2.24, 2.45) is 17.8 Å². The van der Waals surface area contributed by atoms with E-state index in [0.29, 0.717) is 17.6 Å². The molecule has 0 aromatic rings. The quantitative estimate of drug-likeness (QED) is 0.659. The van der Waals surface area contributed by atoms with Crippen molar-refractivity contribution in [3.8, 4) is 0 Å². The van der Waals surface area contributed by atoms with Gasteiger partial charge in [0.25, 0.3) is 0 Å². The third-order valence-electron chi connectivity index (χ3n) is 4.43. The number of carbonyl (C=O) groups is 1. The zero-order valence-electron chi connectivity index (χ0n) is 12.0. The first-order valence-corrected chi connectivity index (χ1v) is 7.72. The molecule has 0 aromatic carbocycles. The van der Waals surface area contributed by atoms with Crippen LogP contribution in [0.1, 0.15) is 78.6 Å². The van der Waals surface area contributed by atoms with Gasteiger partial charge in [0.15, 0.2) is 0 Å². The molecule has 100 valence electrons. The topological polar surface area (TPSA) is 17.1 Å². The van der Waals surface area contributed by atoms with E-state index < -0.39 is 0 Å². The second-order valence-corrected chi connectivity index (χ2v) is 5.96. The maximum absolute atomic E-state index is 12.5. The van der Waals surface area contributed by atoms with Crippen molar-refractivity contribution in [3.63, 3.8) is 0 Å². The summed E-state index contributed by atoms with van der Waals surface area (Å²) in [6.45, 7) is 6.72. The van der Waals surface area contributed by atoms with Gasteiger partial charge in [0.1, 0.15) is 5.78 Å². The molecule has 1 nitrogen and oxygen atoms in total. The van der Waals surface area contributed by atoms with E-state index in [1.807, 2.05) is 0 Å². The van der Waals surface area contributed by atoms with Crippen LogP contribution in [0.25, 0.3) is 0 Å². The minimum absolute atomic E-state index is 0.349. The Morgan fingerprint density at radius 1 is 1.12 bits per heavy atom. The summed E-state index contributed by atoms with van der Waals surface area (Å²) in [6.07, 6.45) is 10.8. The molecule has 1 aliphatic rings. The Balaban J connectivity index is 2.48. The van der Waals surface area contributed by atoms with Gasteiger partial charge in [-0.05, 0) is 31.6 Å². The van der Waals surface area contributed by atoms with Crippen LogP contribution in [0.5, 0.6) is 0 Å². The third kappa shape index (κ3) is 4.81. The number of Topliss-reactive ketones (excluding diaryl/α,β-unsaturated/α-hetero) is 1. The highest BCUT2D eigenvalue weighted by molar-refractivity contribution is 5.83. The van der Waals surface area contributed by atoms with Crippen LogP contribution in [0, 0.1) is 17.8 Å². The van der Waals surface area contributed by atoms with Gasteiger partial charge >= 0.3 is 0 Å². The molecule has 1 atom stereocenters. The Bertz CT molecular complexity index is 212. The highest BCUT2D eigenvalue weighted by Gasteiger charge is 2.25. The van der Waals surface area contributed by atoms with Crippen molar-refractivity contribution in [1.29, 1.82) is 0 Å². The number of hydrogen-bond donors (Lipinski definition) is 0. The van der Waals surface area contributed by atoms with Gasteiger partial charge in [-0.15, -0.1) is 0 Å². The molecule has 17 heavy (non-hydrogen) atoms. The molecular weight excluding hydrogens is 208 g/mol. The van der Waals surface area contributed by atoms with Gasteiger partial charge < -0.3 is 0 Å². The first kappa shape index (κ1) is 14.7. The molecular formula is C16H30O. The number of hydrogen-bond acceptors (Lipinski definition) is 1. The minimum Gasteiger partial charge on any atom is -0.299 e. The zero-order valence-corrected chi connectivity index (χ0v) is 12.0. The van der Waals surface area contributed by atoms with Crippen LogP contribution in [-0.2, 0) is 4.79 Å². The second kappa shape index (κ2) is 7.89. The molecule has 1 heteroatoms. The Labute approximate surface area is 107 Å². The smallest absolute Gasteiger partial charge is 0.139 e. The standard InChI is InChI=1S/C16H30O/c1-4-8-14(5-2)16(17)15-11-6-9-13(3)10-7-12-15/h13-15H,4-12H2,1-3H3. The van der Waals surface area contributed by atoms with E-state index in [4.69, 9.17) is 0 Å². The molecule has 0 radical (unpaired) electrons. The average molecular weight is 238 g/mol. The Hall–Kier alpha value is -0.330. The van der Waals surface area contributed by atoms with E-state index in [0.717, 1.165) is 38.0 Å². The lowest BCUT2D eigenvalue weighted by atomic mass is 9.79. The molecule has 0 spiro atoms. The van der Waals surface area contributed by atoms with Crippen LogP contribution >= 0.6 is 0 Å². The largest absolute Gasteiger partial charge is 0.299 e. The first-order chi connectivity index (χ1) is 8.19. The molecule has 0 aliphatic heterocycles. The lowest BCUT2D eigenvalue weighted by Crippen LogP contribution is -2.24. The van der Waals surface area contributed by atoms with E-state index in [9.17, 15) is 4.79 Å². The second-order valence-electron chi connectivity index (χ2n) is 5.96. The fraction of sp³-hybridized carbons (Fsp3) is 0.938. The lowest BCUT2D eigenvalue weighted by Gasteiger charge is -2.25. The van der Waals surface area contributed by atoms with Crippen molar-refractivity contribution >= 4 is 5.78 Å². The highest BCUT2D eigenvalue weighted by Crippen LogP contribution is 2.29. The highest BCUT2D eigenvalue weighted by atomic mass is 16.1. The molecule has 1 fully saturated rings. The fourth-order valence-electron chi connectivity index (χ4n) is 3.23. The minimum atomic E-state index is 0.349. The van der Waals surface area contributed by atoms with Gasteiger partial charge in [-0.25, -0.2) is 0 Å². The SMILES string of the molecule is CCCC(CC)C(=O)C1CCCC(C)CCC1. The maximum Gasteiger partial charge on any atom is 0.139 e. The van der Waals surface area contributed by atoms with Crippen LogP contribution < -0.4 is 0 Å². The molecule has 0 aromatic heterocycles. The number of carbonyl (C=O) groups excluding carboxylic acids is 1. The summed E-state index contributed by atoms with van der Waals surface area (Å²) in [5, 5.41) is 0. The van der Waals surface area contributed by atoms with Gasteiger partial charge in [0.05, 0.1) is 0 Å². The predicted octanol–water partition coefficient (Wildman–Crippen LogP) is 4.99. The van der Waals surface area contributed by atoms with E-state index in [1.54, 1.807) is 0 Å². The molecule has 1 rings (SSSR count). The van der Waals surface area contributed by atoms with Crippen molar-refractivity contribution in [2.45, 2.75) is 78.6 Å². The summed E-state index contributed by atoms with van der Waals surface area (Å²) in [4.78, 5) is 12.5. The Morgan fingerprint density at radius 2 is 1.71 bits per heavy atom. The van der Waals surface area contributed by atoms with Gasteiger partial charge in [0, 0.05) is 11.8 Å². The summed E-state index contributed by atoms with van der Waals surface area (Å²) in [5.74, 6) is 2.20. The van der Waals surface area contributed by atoms with Crippen LogP contribution in [0.15, 0.2) is 0 Å². The summed E-state index contributed by atoms with van der Waals surface area (Å²) >= 11 is 0. The lowest BCUT2D eigenvalue weighted by molar-refractivity contribution is -0.127. The Kier molecular flexibility index (Phi) is 6.84. The summed E-state index contributed by atoms with van der Waals surface area (Å²) in [5.41, 5.74) is 0. The molecule has 0 N–H and O–H groups in total.